The van der Waals surface area contributed by atoms with Gasteiger partial charge in [-0.25, -0.2) is 9.97 Å². The van der Waals surface area contributed by atoms with Crippen LogP contribution in [-0.4, -0.2) is 24.7 Å². The standard InChI is InChI=1S/C25H23N5OS/c1-4-30-24(28-29-25(30)32-15-23-26-16(2)17(3)31-23)20-14-22(18-10-6-5-7-11-18)27-21-13-9-8-12-19(20)21/h5-14H,4,15H2,1-3H3. The summed E-state index contributed by atoms with van der Waals surface area (Å²) in [6, 6.07) is 20.5. The lowest BCUT2D eigenvalue weighted by atomic mass is 10.0. The summed E-state index contributed by atoms with van der Waals surface area (Å²) < 4.78 is 7.87. The Morgan fingerprint density at radius 3 is 2.47 bits per heavy atom. The van der Waals surface area contributed by atoms with Crippen LogP contribution in [0.2, 0.25) is 0 Å². The predicted octanol–water partition coefficient (Wildman–Crippen LogP) is 6.08. The summed E-state index contributed by atoms with van der Waals surface area (Å²) in [5.74, 6) is 3.01. The number of thioether (sulfide) groups is 1. The molecule has 6 nitrogen and oxygen atoms in total. The molecule has 0 amide bonds. The van der Waals surface area contributed by atoms with Crippen LogP contribution < -0.4 is 0 Å². The van der Waals surface area contributed by atoms with Gasteiger partial charge >= 0.3 is 0 Å². The fraction of sp³-hybridized carbons (Fsp3) is 0.200. The molecule has 32 heavy (non-hydrogen) atoms. The third kappa shape index (κ3) is 3.80. The van der Waals surface area contributed by atoms with Crippen molar-refractivity contribution in [3.05, 3.63) is 78.0 Å². The highest BCUT2D eigenvalue weighted by Crippen LogP contribution is 2.33. The molecule has 3 heterocycles. The van der Waals surface area contributed by atoms with E-state index in [2.05, 4.69) is 50.9 Å². The molecular weight excluding hydrogens is 418 g/mol. The maximum absolute atomic E-state index is 5.73. The zero-order valence-electron chi connectivity index (χ0n) is 18.2. The fourth-order valence-corrected chi connectivity index (χ4v) is 4.57. The quantitative estimate of drug-likeness (QED) is 0.298. The summed E-state index contributed by atoms with van der Waals surface area (Å²) in [4.78, 5) is 9.38. The van der Waals surface area contributed by atoms with E-state index in [4.69, 9.17) is 9.40 Å². The van der Waals surface area contributed by atoms with Gasteiger partial charge in [0.25, 0.3) is 0 Å². The summed E-state index contributed by atoms with van der Waals surface area (Å²) in [5.41, 5.74) is 4.89. The van der Waals surface area contributed by atoms with Crippen LogP contribution in [0.1, 0.15) is 24.3 Å². The molecule has 0 saturated heterocycles. The van der Waals surface area contributed by atoms with Gasteiger partial charge in [-0.05, 0) is 32.9 Å². The number of para-hydroxylation sites is 1. The van der Waals surface area contributed by atoms with Crippen molar-refractivity contribution in [3.8, 4) is 22.6 Å². The minimum absolute atomic E-state index is 0.610. The number of benzene rings is 2. The van der Waals surface area contributed by atoms with Gasteiger partial charge in [0.1, 0.15) is 5.76 Å². The largest absolute Gasteiger partial charge is 0.445 e. The molecule has 0 atom stereocenters. The van der Waals surface area contributed by atoms with Crippen molar-refractivity contribution in [3.63, 3.8) is 0 Å². The van der Waals surface area contributed by atoms with Crippen LogP contribution in [-0.2, 0) is 12.3 Å². The second-order valence-electron chi connectivity index (χ2n) is 7.53. The molecule has 7 heteroatoms. The molecule has 0 bridgehead atoms. The van der Waals surface area contributed by atoms with Gasteiger partial charge in [0, 0.05) is 23.1 Å². The molecule has 0 aliphatic rings. The van der Waals surface area contributed by atoms with E-state index in [0.717, 1.165) is 56.7 Å². The molecule has 0 unspecified atom stereocenters. The van der Waals surface area contributed by atoms with E-state index in [1.54, 1.807) is 11.8 Å². The first-order chi connectivity index (χ1) is 15.6. The number of aromatic nitrogens is 5. The Bertz CT molecular complexity index is 1370. The van der Waals surface area contributed by atoms with Gasteiger partial charge in [0.05, 0.1) is 22.7 Å². The molecule has 5 rings (SSSR count). The Balaban J connectivity index is 1.57. The zero-order valence-corrected chi connectivity index (χ0v) is 19.1. The normalized spacial score (nSPS) is 11.3. The van der Waals surface area contributed by atoms with Crippen LogP contribution in [0.4, 0.5) is 0 Å². The lowest BCUT2D eigenvalue weighted by Gasteiger charge is -2.11. The summed E-state index contributed by atoms with van der Waals surface area (Å²) in [7, 11) is 0. The van der Waals surface area contributed by atoms with Crippen LogP contribution >= 0.6 is 11.8 Å². The van der Waals surface area contributed by atoms with E-state index in [-0.39, 0.29) is 0 Å². The van der Waals surface area contributed by atoms with Gasteiger partial charge in [0.15, 0.2) is 11.0 Å². The fourth-order valence-electron chi connectivity index (χ4n) is 3.72. The van der Waals surface area contributed by atoms with Crippen molar-refractivity contribution in [1.29, 1.82) is 0 Å². The van der Waals surface area contributed by atoms with Crippen LogP contribution in [0, 0.1) is 13.8 Å². The summed E-state index contributed by atoms with van der Waals surface area (Å²) in [6.45, 7) is 6.75. The van der Waals surface area contributed by atoms with Crippen LogP contribution in [0.3, 0.4) is 0 Å². The van der Waals surface area contributed by atoms with E-state index >= 15 is 0 Å². The highest BCUT2D eigenvalue weighted by Gasteiger charge is 2.18. The summed E-state index contributed by atoms with van der Waals surface area (Å²) in [5, 5.41) is 11.0. The number of hydrogen-bond acceptors (Lipinski definition) is 6. The van der Waals surface area contributed by atoms with Crippen molar-refractivity contribution < 1.29 is 4.42 Å². The molecule has 0 N–H and O–H groups in total. The first kappa shape index (κ1) is 20.5. The first-order valence-electron chi connectivity index (χ1n) is 10.6. The topological polar surface area (TPSA) is 69.6 Å². The average Bonchev–Trinajstić information content (AvgIpc) is 3.39. The predicted molar refractivity (Wildman–Crippen MR) is 127 cm³/mol. The molecule has 2 aromatic carbocycles. The van der Waals surface area contributed by atoms with E-state index in [0.29, 0.717) is 11.6 Å². The molecular formula is C25H23N5OS. The second-order valence-corrected chi connectivity index (χ2v) is 8.47. The summed E-state index contributed by atoms with van der Waals surface area (Å²) in [6.07, 6.45) is 0. The van der Waals surface area contributed by atoms with Crippen molar-refractivity contribution in [2.75, 3.05) is 0 Å². The van der Waals surface area contributed by atoms with Crippen molar-refractivity contribution in [2.24, 2.45) is 0 Å². The molecule has 0 spiro atoms. The molecule has 0 aliphatic carbocycles. The minimum atomic E-state index is 0.610. The second kappa shape index (κ2) is 8.59. The third-order valence-corrected chi connectivity index (χ3v) is 6.41. The molecule has 5 aromatic rings. The Morgan fingerprint density at radius 2 is 1.72 bits per heavy atom. The Labute approximate surface area is 190 Å². The number of nitrogens with zero attached hydrogens (tertiary/aromatic N) is 5. The van der Waals surface area contributed by atoms with Crippen LogP contribution in [0.5, 0.6) is 0 Å². The highest BCUT2D eigenvalue weighted by atomic mass is 32.2. The zero-order chi connectivity index (χ0) is 22.1. The Hall–Kier alpha value is -3.45. The third-order valence-electron chi connectivity index (χ3n) is 5.46. The number of oxazole rings is 1. The van der Waals surface area contributed by atoms with Gasteiger partial charge in [-0.1, -0.05) is 60.3 Å². The van der Waals surface area contributed by atoms with Gasteiger partial charge in [0.2, 0.25) is 5.89 Å². The van der Waals surface area contributed by atoms with Gasteiger partial charge in [-0.15, -0.1) is 10.2 Å². The number of pyridine rings is 1. The van der Waals surface area contributed by atoms with E-state index in [1.807, 2.05) is 50.2 Å². The number of hydrogen-bond donors (Lipinski definition) is 0. The van der Waals surface area contributed by atoms with Gasteiger partial charge < -0.3 is 8.98 Å². The monoisotopic (exact) mass is 441 g/mol. The molecule has 3 aromatic heterocycles. The van der Waals surface area contributed by atoms with Crippen molar-refractivity contribution in [2.45, 2.75) is 38.2 Å². The minimum Gasteiger partial charge on any atom is -0.445 e. The number of aryl methyl sites for hydroxylation is 2. The highest BCUT2D eigenvalue weighted by molar-refractivity contribution is 7.98. The Morgan fingerprint density at radius 1 is 0.938 bits per heavy atom. The number of fused-ring (bicyclic) bond motifs is 1. The lowest BCUT2D eigenvalue weighted by Crippen LogP contribution is -2.01. The van der Waals surface area contributed by atoms with Crippen LogP contribution in [0.25, 0.3) is 33.5 Å². The average molecular weight is 442 g/mol. The molecule has 160 valence electrons. The molecule has 0 aliphatic heterocycles. The lowest BCUT2D eigenvalue weighted by molar-refractivity contribution is 0.489. The summed E-state index contributed by atoms with van der Waals surface area (Å²) >= 11 is 1.59. The van der Waals surface area contributed by atoms with Crippen LogP contribution in [0.15, 0.2) is 70.2 Å². The maximum atomic E-state index is 5.73. The SMILES string of the molecule is CCn1c(SCc2nc(C)c(C)o2)nnc1-c1cc(-c2ccccc2)nc2ccccc12. The molecule has 0 fully saturated rings. The Kier molecular flexibility index (Phi) is 5.49. The number of rotatable bonds is 6. The van der Waals surface area contributed by atoms with E-state index in [1.165, 1.54) is 0 Å². The molecule has 0 saturated carbocycles. The molecule has 0 radical (unpaired) electrons. The van der Waals surface area contributed by atoms with E-state index < -0.39 is 0 Å². The van der Waals surface area contributed by atoms with Crippen molar-refractivity contribution in [1.82, 2.24) is 24.7 Å². The van der Waals surface area contributed by atoms with Gasteiger partial charge in [-0.3, -0.25) is 0 Å². The van der Waals surface area contributed by atoms with E-state index in [9.17, 15) is 0 Å². The first-order valence-corrected chi connectivity index (χ1v) is 11.6. The van der Waals surface area contributed by atoms with Crippen molar-refractivity contribution >= 4 is 22.7 Å². The smallest absolute Gasteiger partial charge is 0.205 e. The maximum Gasteiger partial charge on any atom is 0.205 e. The van der Waals surface area contributed by atoms with Gasteiger partial charge in [-0.2, -0.15) is 0 Å².